The van der Waals surface area contributed by atoms with Gasteiger partial charge >= 0.3 is 6.03 Å². The molecule has 0 rings (SSSR count). The summed E-state index contributed by atoms with van der Waals surface area (Å²) < 4.78 is 0. The van der Waals surface area contributed by atoms with Gasteiger partial charge in [0, 0.05) is 13.6 Å². The van der Waals surface area contributed by atoms with Crippen molar-refractivity contribution in [3.05, 3.63) is 0 Å². The Hall–Kier alpha value is -1.24. The molecule has 0 fully saturated rings. The summed E-state index contributed by atoms with van der Waals surface area (Å²) in [5, 5.41) is 10.7. The van der Waals surface area contributed by atoms with Crippen molar-refractivity contribution in [3.8, 4) is 6.07 Å². The zero-order valence-corrected chi connectivity index (χ0v) is 6.22. The predicted octanol–water partition coefficient (Wildman–Crippen LogP) is 0.171. The van der Waals surface area contributed by atoms with Crippen LogP contribution in [-0.2, 0) is 0 Å². The molecule has 4 nitrogen and oxygen atoms in total. The van der Waals surface area contributed by atoms with Crippen molar-refractivity contribution in [2.75, 3.05) is 20.1 Å². The van der Waals surface area contributed by atoms with E-state index in [0.717, 1.165) is 0 Å². The summed E-state index contributed by atoms with van der Waals surface area (Å²) in [6.07, 6.45) is 0. The van der Waals surface area contributed by atoms with Gasteiger partial charge in [0.25, 0.3) is 0 Å². The van der Waals surface area contributed by atoms with Gasteiger partial charge in [-0.05, 0) is 6.92 Å². The molecule has 0 aliphatic rings. The quantitative estimate of drug-likeness (QED) is 0.557. The topological polar surface area (TPSA) is 56.1 Å². The van der Waals surface area contributed by atoms with Crippen LogP contribution in [0.1, 0.15) is 6.92 Å². The molecule has 1 N–H and O–H groups in total. The minimum absolute atomic E-state index is 0.149. The number of carbonyl (C=O) groups excluding carboxylic acids is 1. The summed E-state index contributed by atoms with van der Waals surface area (Å²) in [6, 6.07) is 1.69. The van der Waals surface area contributed by atoms with Gasteiger partial charge in [0.15, 0.2) is 0 Å². The molecule has 2 amide bonds. The zero-order valence-electron chi connectivity index (χ0n) is 6.22. The average Bonchev–Trinajstić information content (AvgIpc) is 1.99. The number of amides is 2. The van der Waals surface area contributed by atoms with Crippen LogP contribution >= 0.6 is 0 Å². The molecule has 0 aromatic carbocycles. The fourth-order valence-electron chi connectivity index (χ4n) is 0.571. The second kappa shape index (κ2) is 4.62. The number of rotatable bonds is 2. The minimum atomic E-state index is -0.205. The van der Waals surface area contributed by atoms with E-state index in [2.05, 4.69) is 5.32 Å². The molecule has 0 heterocycles. The van der Waals surface area contributed by atoms with Gasteiger partial charge in [0.2, 0.25) is 0 Å². The van der Waals surface area contributed by atoms with Gasteiger partial charge in [0.1, 0.15) is 6.54 Å². The van der Waals surface area contributed by atoms with E-state index in [0.29, 0.717) is 6.54 Å². The smallest absolute Gasteiger partial charge is 0.317 e. The van der Waals surface area contributed by atoms with Gasteiger partial charge in [-0.3, -0.25) is 0 Å². The lowest BCUT2D eigenvalue weighted by atomic mass is 10.5. The monoisotopic (exact) mass is 141 g/mol. The van der Waals surface area contributed by atoms with E-state index >= 15 is 0 Å². The maximum atomic E-state index is 10.8. The maximum Gasteiger partial charge on any atom is 0.317 e. The molecule has 0 saturated carbocycles. The van der Waals surface area contributed by atoms with Gasteiger partial charge in [-0.15, -0.1) is 0 Å². The Morgan fingerprint density at radius 3 is 2.70 bits per heavy atom. The second-order valence-electron chi connectivity index (χ2n) is 1.73. The summed E-state index contributed by atoms with van der Waals surface area (Å²) >= 11 is 0. The SMILES string of the molecule is CCN(CC#N)C(=O)NC. The fraction of sp³-hybridized carbons (Fsp3) is 0.667. The lowest BCUT2D eigenvalue weighted by molar-refractivity contribution is 0.209. The number of carbonyl (C=O) groups is 1. The number of nitriles is 1. The van der Waals surface area contributed by atoms with Gasteiger partial charge in [-0.1, -0.05) is 0 Å². The molecule has 0 saturated heterocycles. The van der Waals surface area contributed by atoms with E-state index in [1.807, 2.05) is 13.0 Å². The first kappa shape index (κ1) is 8.76. The Labute approximate surface area is 60.4 Å². The molecule has 0 aliphatic carbocycles. The Balaban J connectivity index is 3.83. The van der Waals surface area contributed by atoms with Crippen LogP contribution in [0.15, 0.2) is 0 Å². The zero-order chi connectivity index (χ0) is 7.98. The van der Waals surface area contributed by atoms with E-state index in [1.165, 1.54) is 4.90 Å². The van der Waals surface area contributed by atoms with Gasteiger partial charge in [-0.2, -0.15) is 5.26 Å². The molecule has 4 heteroatoms. The molecule has 10 heavy (non-hydrogen) atoms. The first-order chi connectivity index (χ1) is 4.76. The Morgan fingerprint density at radius 1 is 1.80 bits per heavy atom. The van der Waals surface area contributed by atoms with Gasteiger partial charge in [0.05, 0.1) is 6.07 Å². The largest absolute Gasteiger partial charge is 0.341 e. The number of hydrogen-bond donors (Lipinski definition) is 1. The average molecular weight is 141 g/mol. The number of hydrogen-bond acceptors (Lipinski definition) is 2. The van der Waals surface area contributed by atoms with Crippen LogP contribution in [0.25, 0.3) is 0 Å². The van der Waals surface area contributed by atoms with Crippen LogP contribution in [-0.4, -0.2) is 31.1 Å². The van der Waals surface area contributed by atoms with Crippen molar-refractivity contribution in [1.29, 1.82) is 5.26 Å². The van der Waals surface area contributed by atoms with Crippen LogP contribution < -0.4 is 5.32 Å². The van der Waals surface area contributed by atoms with Crippen molar-refractivity contribution in [1.82, 2.24) is 10.2 Å². The van der Waals surface area contributed by atoms with Gasteiger partial charge < -0.3 is 10.2 Å². The minimum Gasteiger partial charge on any atom is -0.341 e. The summed E-state index contributed by atoms with van der Waals surface area (Å²) in [7, 11) is 1.54. The molecule has 0 spiro atoms. The van der Waals surface area contributed by atoms with E-state index < -0.39 is 0 Å². The highest BCUT2D eigenvalue weighted by Gasteiger charge is 2.06. The van der Waals surface area contributed by atoms with Crippen LogP contribution in [0.3, 0.4) is 0 Å². The predicted molar refractivity (Wildman–Crippen MR) is 37.3 cm³/mol. The summed E-state index contributed by atoms with van der Waals surface area (Å²) in [6.45, 7) is 2.54. The Morgan fingerprint density at radius 2 is 2.40 bits per heavy atom. The molecule has 0 aromatic rings. The highest BCUT2D eigenvalue weighted by molar-refractivity contribution is 5.73. The third-order valence-electron chi connectivity index (χ3n) is 1.14. The Kier molecular flexibility index (Phi) is 4.05. The molecular weight excluding hydrogens is 130 g/mol. The molecule has 0 bridgehead atoms. The third kappa shape index (κ3) is 2.35. The molecule has 0 aliphatic heterocycles. The standard InChI is InChI=1S/C6H11N3O/c1-3-9(5-4-7)6(10)8-2/h3,5H2,1-2H3,(H,8,10). The normalized spacial score (nSPS) is 8.10. The van der Waals surface area contributed by atoms with E-state index in [1.54, 1.807) is 7.05 Å². The highest BCUT2D eigenvalue weighted by atomic mass is 16.2. The van der Waals surface area contributed by atoms with Crippen molar-refractivity contribution in [2.45, 2.75) is 6.92 Å². The summed E-state index contributed by atoms with van der Waals surface area (Å²) in [5.74, 6) is 0. The van der Waals surface area contributed by atoms with E-state index in [9.17, 15) is 4.79 Å². The molecule has 0 radical (unpaired) electrons. The fourth-order valence-corrected chi connectivity index (χ4v) is 0.571. The lowest BCUT2D eigenvalue weighted by Gasteiger charge is -2.15. The highest BCUT2D eigenvalue weighted by Crippen LogP contribution is 1.85. The molecule has 0 unspecified atom stereocenters. The van der Waals surface area contributed by atoms with Crippen molar-refractivity contribution in [3.63, 3.8) is 0 Å². The molecule has 56 valence electrons. The summed E-state index contributed by atoms with van der Waals surface area (Å²) in [5.41, 5.74) is 0. The Bertz CT molecular complexity index is 150. The van der Waals surface area contributed by atoms with Crippen LogP contribution in [0.2, 0.25) is 0 Å². The van der Waals surface area contributed by atoms with E-state index in [4.69, 9.17) is 5.26 Å². The first-order valence-corrected chi connectivity index (χ1v) is 3.09. The van der Waals surface area contributed by atoms with Crippen LogP contribution in [0, 0.1) is 11.3 Å². The molecule has 0 aromatic heterocycles. The first-order valence-electron chi connectivity index (χ1n) is 3.09. The molecular formula is C6H11N3O. The van der Waals surface area contributed by atoms with Crippen molar-refractivity contribution in [2.24, 2.45) is 0 Å². The maximum absolute atomic E-state index is 10.8. The molecule has 0 atom stereocenters. The van der Waals surface area contributed by atoms with Gasteiger partial charge in [-0.25, -0.2) is 4.79 Å². The number of urea groups is 1. The van der Waals surface area contributed by atoms with Crippen LogP contribution in [0.4, 0.5) is 4.79 Å². The van der Waals surface area contributed by atoms with Crippen molar-refractivity contribution >= 4 is 6.03 Å². The van der Waals surface area contributed by atoms with Crippen LogP contribution in [0.5, 0.6) is 0 Å². The number of nitrogens with zero attached hydrogens (tertiary/aromatic N) is 2. The third-order valence-corrected chi connectivity index (χ3v) is 1.14. The number of nitrogens with one attached hydrogen (secondary N) is 1. The van der Waals surface area contributed by atoms with E-state index in [-0.39, 0.29) is 12.6 Å². The summed E-state index contributed by atoms with van der Waals surface area (Å²) in [4.78, 5) is 12.2. The second-order valence-corrected chi connectivity index (χ2v) is 1.73. The lowest BCUT2D eigenvalue weighted by Crippen LogP contribution is -2.37. The van der Waals surface area contributed by atoms with Crippen molar-refractivity contribution < 1.29 is 4.79 Å².